The van der Waals surface area contributed by atoms with Crippen LogP contribution in [0.1, 0.15) is 15.9 Å². The number of rotatable bonds is 7. The van der Waals surface area contributed by atoms with Gasteiger partial charge >= 0.3 is 0 Å². The number of nitrogens with one attached hydrogen (secondary N) is 3. The smallest absolute Gasteiger partial charge is 0.251 e. The van der Waals surface area contributed by atoms with Gasteiger partial charge in [0.05, 0.1) is 0 Å². The average molecular weight is 474 g/mol. The van der Waals surface area contributed by atoms with Crippen LogP contribution in [0.3, 0.4) is 0 Å². The van der Waals surface area contributed by atoms with E-state index >= 15 is 0 Å². The van der Waals surface area contributed by atoms with E-state index in [9.17, 15) is 4.79 Å². The molecule has 0 unspecified atom stereocenters. The highest BCUT2D eigenvalue weighted by atomic mass is 127. The Morgan fingerprint density at radius 1 is 1.00 bits per heavy atom. The fourth-order valence-electron chi connectivity index (χ4n) is 2.33. The maximum absolute atomic E-state index is 12.1. The van der Waals surface area contributed by atoms with Gasteiger partial charge in [-0.05, 0) is 77.5 Å². The summed E-state index contributed by atoms with van der Waals surface area (Å²) in [4.78, 5) is 16.3. The molecule has 0 saturated carbocycles. The Morgan fingerprint density at radius 2 is 1.81 bits per heavy atom. The van der Waals surface area contributed by atoms with E-state index in [4.69, 9.17) is 0 Å². The monoisotopic (exact) mass is 474 g/mol. The number of pyridine rings is 1. The molecule has 138 valence electrons. The van der Waals surface area contributed by atoms with Crippen LogP contribution in [0.15, 0.2) is 54.7 Å². The van der Waals surface area contributed by atoms with Crippen molar-refractivity contribution in [2.75, 3.05) is 23.7 Å². The third kappa shape index (κ3) is 5.88. The second kappa shape index (κ2) is 9.26. The van der Waals surface area contributed by atoms with Gasteiger partial charge in [0, 0.05) is 28.4 Å². The first-order chi connectivity index (χ1) is 13.1. The summed E-state index contributed by atoms with van der Waals surface area (Å²) in [6.45, 7) is 3.04. The van der Waals surface area contributed by atoms with E-state index in [0.717, 1.165) is 15.0 Å². The highest BCUT2D eigenvalue weighted by Crippen LogP contribution is 2.13. The molecule has 0 aliphatic heterocycles. The van der Waals surface area contributed by atoms with Gasteiger partial charge in [0.1, 0.15) is 11.6 Å². The molecule has 3 aromatic rings. The Labute approximate surface area is 171 Å². The molecular formula is C19H19IN6O. The molecule has 0 aliphatic carbocycles. The number of carbonyl (C=O) groups excluding carboxylic acids is 1. The van der Waals surface area contributed by atoms with Gasteiger partial charge < -0.3 is 16.0 Å². The number of hydrogen-bond acceptors (Lipinski definition) is 6. The molecule has 0 bridgehead atoms. The molecule has 8 heteroatoms. The minimum atomic E-state index is -0.0911. The zero-order valence-electron chi connectivity index (χ0n) is 14.7. The number of amides is 1. The van der Waals surface area contributed by atoms with Gasteiger partial charge in [-0.3, -0.25) is 4.79 Å². The lowest BCUT2D eigenvalue weighted by Crippen LogP contribution is -2.28. The zero-order chi connectivity index (χ0) is 19.1. The van der Waals surface area contributed by atoms with Crippen LogP contribution in [-0.2, 0) is 0 Å². The number of halogens is 1. The topological polar surface area (TPSA) is 91.8 Å². The molecule has 2 heterocycles. The van der Waals surface area contributed by atoms with Crippen LogP contribution in [0, 0.1) is 10.5 Å². The second-order valence-corrected chi connectivity index (χ2v) is 7.09. The summed E-state index contributed by atoms with van der Waals surface area (Å²) in [6.07, 6.45) is 1.74. The number of anilines is 3. The summed E-state index contributed by atoms with van der Waals surface area (Å²) in [5, 5.41) is 17.4. The Balaban J connectivity index is 1.44. The molecule has 7 nitrogen and oxygen atoms in total. The van der Waals surface area contributed by atoms with Crippen molar-refractivity contribution >= 4 is 46.0 Å². The highest BCUT2D eigenvalue weighted by Gasteiger charge is 2.05. The summed E-state index contributed by atoms with van der Waals surface area (Å²) < 4.78 is 1.03. The van der Waals surface area contributed by atoms with Crippen molar-refractivity contribution in [3.63, 3.8) is 0 Å². The molecule has 3 rings (SSSR count). The Bertz CT molecular complexity index is 916. The predicted octanol–water partition coefficient (Wildman–Crippen LogP) is 3.37. The molecule has 27 heavy (non-hydrogen) atoms. The number of nitrogens with zero attached hydrogens (tertiary/aromatic N) is 3. The number of aryl methyl sites for hydroxylation is 1. The lowest BCUT2D eigenvalue weighted by molar-refractivity contribution is 0.0955. The minimum absolute atomic E-state index is 0.0911. The van der Waals surface area contributed by atoms with E-state index < -0.39 is 0 Å². The third-order valence-electron chi connectivity index (χ3n) is 3.64. The summed E-state index contributed by atoms with van der Waals surface area (Å²) in [5.41, 5.74) is 1.77. The zero-order valence-corrected chi connectivity index (χ0v) is 16.9. The highest BCUT2D eigenvalue weighted by molar-refractivity contribution is 14.1. The van der Waals surface area contributed by atoms with Crippen LogP contribution in [0.2, 0.25) is 0 Å². The maximum atomic E-state index is 12.1. The normalized spacial score (nSPS) is 10.3. The first-order valence-corrected chi connectivity index (χ1v) is 9.49. The van der Waals surface area contributed by atoms with Crippen molar-refractivity contribution in [1.82, 2.24) is 20.5 Å². The van der Waals surface area contributed by atoms with Gasteiger partial charge in [-0.25, -0.2) is 4.98 Å². The van der Waals surface area contributed by atoms with Gasteiger partial charge in [0.15, 0.2) is 5.82 Å². The molecule has 2 aromatic heterocycles. The molecule has 0 aliphatic rings. The number of benzene rings is 1. The van der Waals surface area contributed by atoms with E-state index in [1.54, 1.807) is 12.3 Å². The predicted molar refractivity (Wildman–Crippen MR) is 114 cm³/mol. The second-order valence-electron chi connectivity index (χ2n) is 5.84. The van der Waals surface area contributed by atoms with Gasteiger partial charge in [0.25, 0.3) is 5.91 Å². The minimum Gasteiger partial charge on any atom is -0.367 e. The SMILES string of the molecule is Cc1ccnc(Nc2ccc(NCCNC(=O)c3cccc(I)c3)nn2)c1. The van der Waals surface area contributed by atoms with Crippen molar-refractivity contribution in [3.05, 3.63) is 69.4 Å². The molecule has 0 radical (unpaired) electrons. The van der Waals surface area contributed by atoms with Gasteiger partial charge in [0.2, 0.25) is 0 Å². The number of carbonyl (C=O) groups is 1. The Morgan fingerprint density at radius 3 is 2.56 bits per heavy atom. The van der Waals surface area contributed by atoms with Crippen molar-refractivity contribution in [3.8, 4) is 0 Å². The van der Waals surface area contributed by atoms with E-state index in [-0.39, 0.29) is 5.91 Å². The largest absolute Gasteiger partial charge is 0.367 e. The first-order valence-electron chi connectivity index (χ1n) is 8.41. The van der Waals surface area contributed by atoms with Gasteiger partial charge in [-0.2, -0.15) is 0 Å². The molecule has 0 saturated heterocycles. The number of hydrogen-bond donors (Lipinski definition) is 3. The van der Waals surface area contributed by atoms with Crippen molar-refractivity contribution in [2.24, 2.45) is 0 Å². The fourth-order valence-corrected chi connectivity index (χ4v) is 2.87. The van der Waals surface area contributed by atoms with Crippen molar-refractivity contribution in [2.45, 2.75) is 6.92 Å². The first kappa shape index (κ1) is 19.0. The van der Waals surface area contributed by atoms with E-state index in [2.05, 4.69) is 53.7 Å². The quantitative estimate of drug-likeness (QED) is 0.360. The van der Waals surface area contributed by atoms with Crippen molar-refractivity contribution in [1.29, 1.82) is 0 Å². The van der Waals surface area contributed by atoms with Crippen LogP contribution in [0.4, 0.5) is 17.5 Å². The van der Waals surface area contributed by atoms with Gasteiger partial charge in [-0.1, -0.05) is 6.07 Å². The lowest BCUT2D eigenvalue weighted by atomic mass is 10.2. The number of aromatic nitrogens is 3. The molecule has 0 atom stereocenters. The summed E-state index contributed by atoms with van der Waals surface area (Å²) in [7, 11) is 0. The van der Waals surface area contributed by atoms with Crippen LogP contribution in [0.25, 0.3) is 0 Å². The van der Waals surface area contributed by atoms with E-state index in [1.165, 1.54) is 0 Å². The Hall–Kier alpha value is -2.75. The standard InChI is InChI=1S/C19H19IN6O/c1-13-7-8-21-18(11-13)24-17-6-5-16(25-26-17)22-9-10-23-19(27)14-3-2-4-15(20)12-14/h2-8,11-12H,9-10H2,1H3,(H,22,25)(H,23,27)(H,21,24,26). The van der Waals surface area contributed by atoms with Crippen LogP contribution in [-0.4, -0.2) is 34.2 Å². The molecule has 3 N–H and O–H groups in total. The van der Waals surface area contributed by atoms with E-state index in [1.807, 2.05) is 49.4 Å². The summed E-state index contributed by atoms with van der Waals surface area (Å²) >= 11 is 2.19. The van der Waals surface area contributed by atoms with Crippen LogP contribution in [0.5, 0.6) is 0 Å². The van der Waals surface area contributed by atoms with Crippen LogP contribution >= 0.6 is 22.6 Å². The Kier molecular flexibility index (Phi) is 6.53. The summed E-state index contributed by atoms with van der Waals surface area (Å²) in [5.74, 6) is 1.89. The van der Waals surface area contributed by atoms with E-state index in [0.29, 0.717) is 30.3 Å². The maximum Gasteiger partial charge on any atom is 0.251 e. The average Bonchev–Trinajstić information content (AvgIpc) is 2.66. The fraction of sp³-hybridized carbons (Fsp3) is 0.158. The molecule has 1 aromatic carbocycles. The van der Waals surface area contributed by atoms with Crippen molar-refractivity contribution < 1.29 is 4.79 Å². The molecule has 0 fully saturated rings. The van der Waals surface area contributed by atoms with Gasteiger partial charge in [-0.15, -0.1) is 10.2 Å². The molecule has 0 spiro atoms. The molecular weight excluding hydrogens is 455 g/mol. The third-order valence-corrected chi connectivity index (χ3v) is 4.31. The molecule has 1 amide bonds. The lowest BCUT2D eigenvalue weighted by Gasteiger charge is -2.08. The van der Waals surface area contributed by atoms with Crippen LogP contribution < -0.4 is 16.0 Å². The summed E-state index contributed by atoms with van der Waals surface area (Å²) in [6, 6.07) is 15.0.